The molecule has 25 heavy (non-hydrogen) atoms. The van der Waals surface area contributed by atoms with E-state index in [0.29, 0.717) is 5.52 Å². The van der Waals surface area contributed by atoms with E-state index in [1.165, 1.54) is 6.92 Å². The molecule has 0 saturated carbocycles. The van der Waals surface area contributed by atoms with Crippen LogP contribution in [0.5, 0.6) is 0 Å². The van der Waals surface area contributed by atoms with E-state index in [4.69, 9.17) is 0 Å². The average molecular weight is 334 g/mol. The van der Waals surface area contributed by atoms with Crippen molar-refractivity contribution in [1.82, 2.24) is 10.3 Å². The van der Waals surface area contributed by atoms with Crippen LogP contribution >= 0.6 is 0 Å². The molecule has 0 aliphatic heterocycles. The van der Waals surface area contributed by atoms with Gasteiger partial charge in [0.05, 0.1) is 5.52 Å². The maximum Gasteiger partial charge on any atom is 0.329 e. The predicted octanol–water partition coefficient (Wildman–Crippen LogP) is 3.05. The van der Waals surface area contributed by atoms with Gasteiger partial charge in [-0.15, -0.1) is 0 Å². The molecule has 3 aromatic rings. The van der Waals surface area contributed by atoms with Gasteiger partial charge in [-0.05, 0) is 24.6 Å². The summed E-state index contributed by atoms with van der Waals surface area (Å²) in [6.45, 7) is 1.50. The van der Waals surface area contributed by atoms with Crippen LogP contribution in [-0.4, -0.2) is 27.5 Å². The minimum absolute atomic E-state index is 0.183. The van der Waals surface area contributed by atoms with Crippen LogP contribution in [0.3, 0.4) is 0 Å². The number of aromatic nitrogens is 1. The Morgan fingerprint density at radius 3 is 2.40 bits per heavy atom. The number of rotatable bonds is 5. The molecule has 5 nitrogen and oxygen atoms in total. The number of para-hydroxylation sites is 1. The molecule has 126 valence electrons. The van der Waals surface area contributed by atoms with Crippen LogP contribution in [0.2, 0.25) is 0 Å². The summed E-state index contributed by atoms with van der Waals surface area (Å²) in [7, 11) is 0. The first-order chi connectivity index (χ1) is 12.0. The molecular formula is C20H18N2O3. The molecule has 1 heterocycles. The monoisotopic (exact) mass is 334 g/mol. The number of hydrogen-bond acceptors (Lipinski definition) is 3. The van der Waals surface area contributed by atoms with Crippen molar-refractivity contribution in [3.8, 4) is 0 Å². The largest absolute Gasteiger partial charge is 0.480 e. The molecule has 1 amide bonds. The molecule has 1 unspecified atom stereocenters. The maximum absolute atomic E-state index is 12.6. The Morgan fingerprint density at radius 2 is 1.68 bits per heavy atom. The van der Waals surface area contributed by atoms with Crippen LogP contribution in [0.25, 0.3) is 10.9 Å². The predicted molar refractivity (Wildman–Crippen MR) is 95.4 cm³/mol. The fourth-order valence-electron chi connectivity index (χ4n) is 2.68. The first-order valence-electron chi connectivity index (χ1n) is 7.93. The first kappa shape index (κ1) is 16.6. The van der Waals surface area contributed by atoms with Crippen molar-refractivity contribution in [3.63, 3.8) is 0 Å². The van der Waals surface area contributed by atoms with E-state index in [2.05, 4.69) is 10.3 Å². The first-order valence-corrected chi connectivity index (χ1v) is 7.93. The molecular weight excluding hydrogens is 316 g/mol. The van der Waals surface area contributed by atoms with E-state index < -0.39 is 17.4 Å². The molecule has 0 fully saturated rings. The number of benzene rings is 2. The highest BCUT2D eigenvalue weighted by Crippen LogP contribution is 2.16. The minimum atomic E-state index is -1.42. The molecule has 3 rings (SSSR count). The standard InChI is InChI=1S/C20H18N2O3/c1-20(19(24)25,13-14-7-3-2-4-8-14)22-18(23)17-12-11-15-9-5-6-10-16(15)21-17/h2-12H,13H2,1H3,(H,22,23)(H,24,25). The third-order valence-electron chi connectivity index (χ3n) is 4.09. The van der Waals surface area contributed by atoms with Crippen molar-refractivity contribution in [1.29, 1.82) is 0 Å². The third kappa shape index (κ3) is 3.66. The minimum Gasteiger partial charge on any atom is -0.480 e. The van der Waals surface area contributed by atoms with Crippen LogP contribution < -0.4 is 5.32 Å². The number of nitrogens with one attached hydrogen (secondary N) is 1. The number of carbonyl (C=O) groups is 2. The van der Waals surface area contributed by atoms with E-state index in [9.17, 15) is 14.7 Å². The number of pyridine rings is 1. The zero-order valence-electron chi connectivity index (χ0n) is 13.8. The van der Waals surface area contributed by atoms with Gasteiger partial charge in [0.1, 0.15) is 11.2 Å². The molecule has 0 aliphatic carbocycles. The van der Waals surface area contributed by atoms with Gasteiger partial charge in [-0.1, -0.05) is 54.6 Å². The Hall–Kier alpha value is -3.21. The average Bonchev–Trinajstić information content (AvgIpc) is 2.62. The summed E-state index contributed by atoms with van der Waals surface area (Å²) in [6, 6.07) is 20.1. The van der Waals surface area contributed by atoms with Crippen molar-refractivity contribution >= 4 is 22.8 Å². The van der Waals surface area contributed by atoms with Crippen molar-refractivity contribution in [3.05, 3.63) is 78.0 Å². The van der Waals surface area contributed by atoms with Crippen LogP contribution in [0.4, 0.5) is 0 Å². The highest BCUT2D eigenvalue weighted by Gasteiger charge is 2.35. The van der Waals surface area contributed by atoms with E-state index in [0.717, 1.165) is 10.9 Å². The van der Waals surface area contributed by atoms with Gasteiger partial charge in [0.15, 0.2) is 0 Å². The smallest absolute Gasteiger partial charge is 0.329 e. The van der Waals surface area contributed by atoms with Gasteiger partial charge < -0.3 is 10.4 Å². The van der Waals surface area contributed by atoms with Crippen molar-refractivity contribution in [2.75, 3.05) is 0 Å². The molecule has 1 atom stereocenters. The summed E-state index contributed by atoms with van der Waals surface area (Å²) in [5, 5.41) is 13.2. The summed E-state index contributed by atoms with van der Waals surface area (Å²) >= 11 is 0. The molecule has 0 spiro atoms. The van der Waals surface area contributed by atoms with Crippen molar-refractivity contribution < 1.29 is 14.7 Å². The highest BCUT2D eigenvalue weighted by molar-refractivity contribution is 5.98. The number of aliphatic carboxylic acids is 1. The van der Waals surface area contributed by atoms with E-state index in [1.807, 2.05) is 54.6 Å². The van der Waals surface area contributed by atoms with E-state index in [1.54, 1.807) is 12.1 Å². The van der Waals surface area contributed by atoms with E-state index >= 15 is 0 Å². The lowest BCUT2D eigenvalue weighted by Crippen LogP contribution is -2.54. The van der Waals surface area contributed by atoms with Crippen molar-refractivity contribution in [2.24, 2.45) is 0 Å². The SMILES string of the molecule is CC(Cc1ccccc1)(NC(=O)c1ccc2ccccc2n1)C(=O)O. The Kier molecular flexibility index (Phi) is 4.48. The van der Waals surface area contributed by atoms with Crippen LogP contribution in [0.1, 0.15) is 23.0 Å². The van der Waals surface area contributed by atoms with Gasteiger partial charge in [-0.3, -0.25) is 4.79 Å². The van der Waals surface area contributed by atoms with Gasteiger partial charge in [-0.2, -0.15) is 0 Å². The Bertz CT molecular complexity index is 924. The number of carbonyl (C=O) groups excluding carboxylic acids is 1. The number of carboxylic acid groups (broad SMARTS) is 1. The lowest BCUT2D eigenvalue weighted by Gasteiger charge is -2.26. The van der Waals surface area contributed by atoms with E-state index in [-0.39, 0.29) is 12.1 Å². The van der Waals surface area contributed by atoms with Gasteiger partial charge in [0.2, 0.25) is 0 Å². The molecule has 5 heteroatoms. The molecule has 1 aromatic heterocycles. The normalized spacial score (nSPS) is 13.2. The highest BCUT2D eigenvalue weighted by atomic mass is 16.4. The zero-order valence-corrected chi connectivity index (χ0v) is 13.8. The number of carboxylic acids is 1. The number of amides is 1. The van der Waals surface area contributed by atoms with Gasteiger partial charge in [0, 0.05) is 11.8 Å². The Balaban J connectivity index is 1.85. The summed E-state index contributed by atoms with van der Waals surface area (Å²) < 4.78 is 0. The van der Waals surface area contributed by atoms with Crippen LogP contribution in [0, 0.1) is 0 Å². The van der Waals surface area contributed by atoms with Crippen LogP contribution in [-0.2, 0) is 11.2 Å². The molecule has 0 aliphatic rings. The maximum atomic E-state index is 12.6. The van der Waals surface area contributed by atoms with Crippen molar-refractivity contribution in [2.45, 2.75) is 18.9 Å². The second-order valence-corrected chi connectivity index (χ2v) is 6.14. The summed E-state index contributed by atoms with van der Waals surface area (Å²) in [5.41, 5.74) is 0.291. The number of fused-ring (bicyclic) bond motifs is 1. The topological polar surface area (TPSA) is 79.3 Å². The second kappa shape index (κ2) is 6.73. The Morgan fingerprint density at radius 1 is 1.00 bits per heavy atom. The van der Waals surface area contributed by atoms with Gasteiger partial charge >= 0.3 is 5.97 Å². The number of hydrogen-bond donors (Lipinski definition) is 2. The molecule has 0 saturated heterocycles. The van der Waals surface area contributed by atoms with Gasteiger partial charge in [-0.25, -0.2) is 9.78 Å². The third-order valence-corrected chi connectivity index (χ3v) is 4.09. The quantitative estimate of drug-likeness (QED) is 0.751. The lowest BCUT2D eigenvalue weighted by atomic mass is 9.92. The number of nitrogens with zero attached hydrogens (tertiary/aromatic N) is 1. The zero-order chi connectivity index (χ0) is 17.9. The van der Waals surface area contributed by atoms with Gasteiger partial charge in [0.25, 0.3) is 5.91 Å². The second-order valence-electron chi connectivity index (χ2n) is 6.14. The fraction of sp³-hybridized carbons (Fsp3) is 0.150. The molecule has 0 bridgehead atoms. The molecule has 2 N–H and O–H groups in total. The Labute approximate surface area is 145 Å². The molecule has 2 aromatic carbocycles. The lowest BCUT2D eigenvalue weighted by molar-refractivity contribution is -0.143. The van der Waals surface area contributed by atoms with Crippen LogP contribution in [0.15, 0.2) is 66.7 Å². The fourth-order valence-corrected chi connectivity index (χ4v) is 2.68. The summed E-state index contributed by atoms with van der Waals surface area (Å²) in [6.07, 6.45) is 0.183. The summed E-state index contributed by atoms with van der Waals surface area (Å²) in [4.78, 5) is 28.7. The molecule has 0 radical (unpaired) electrons. The summed E-state index contributed by atoms with van der Waals surface area (Å²) in [5.74, 6) is -1.60.